The van der Waals surface area contributed by atoms with Gasteiger partial charge in [0.25, 0.3) is 0 Å². The van der Waals surface area contributed by atoms with Gasteiger partial charge in [0.1, 0.15) is 0 Å². The van der Waals surface area contributed by atoms with E-state index in [9.17, 15) is 0 Å². The van der Waals surface area contributed by atoms with Crippen LogP contribution in [0.3, 0.4) is 0 Å². The molecule has 0 amide bonds. The zero-order valence-corrected chi connectivity index (χ0v) is 12.2. The second kappa shape index (κ2) is 6.02. The van der Waals surface area contributed by atoms with E-state index in [0.717, 1.165) is 12.2 Å². The summed E-state index contributed by atoms with van der Waals surface area (Å²) in [5, 5.41) is 8.05. The van der Waals surface area contributed by atoms with Gasteiger partial charge in [-0.25, -0.2) is 0 Å². The van der Waals surface area contributed by atoms with Crippen LogP contribution in [0, 0.1) is 6.92 Å². The first-order valence-corrected chi connectivity index (χ1v) is 6.90. The molecule has 0 fully saturated rings. The van der Waals surface area contributed by atoms with Crippen molar-refractivity contribution in [3.05, 3.63) is 53.3 Å². The van der Waals surface area contributed by atoms with E-state index >= 15 is 0 Å². The Morgan fingerprint density at radius 1 is 1.11 bits per heavy atom. The molecule has 0 bridgehead atoms. The van der Waals surface area contributed by atoms with Gasteiger partial charge in [-0.05, 0) is 39.3 Å². The summed E-state index contributed by atoms with van der Waals surface area (Å²) in [7, 11) is 0. The third kappa shape index (κ3) is 3.67. The molecule has 1 aromatic heterocycles. The summed E-state index contributed by atoms with van der Waals surface area (Å²) in [6.45, 7) is 9.37. The van der Waals surface area contributed by atoms with Gasteiger partial charge in [0.2, 0.25) is 0 Å². The molecule has 0 aliphatic rings. The average molecular weight is 257 g/mol. The number of nitrogens with zero attached hydrogens (tertiary/aromatic N) is 2. The van der Waals surface area contributed by atoms with E-state index < -0.39 is 0 Å². The molecule has 0 saturated heterocycles. The summed E-state index contributed by atoms with van der Waals surface area (Å²) in [6.07, 6.45) is 2.04. The molecule has 19 heavy (non-hydrogen) atoms. The summed E-state index contributed by atoms with van der Waals surface area (Å²) in [6, 6.07) is 11.5. The normalized spacial score (nSPS) is 12.9. The lowest BCUT2D eigenvalue weighted by atomic mass is 10.1. The Labute approximate surface area is 115 Å². The zero-order valence-electron chi connectivity index (χ0n) is 12.2. The molecule has 1 N–H and O–H groups in total. The number of aryl methyl sites for hydroxylation is 1. The summed E-state index contributed by atoms with van der Waals surface area (Å²) >= 11 is 0. The maximum absolute atomic E-state index is 4.54. The lowest BCUT2D eigenvalue weighted by Crippen LogP contribution is -2.18. The number of nitrogens with one attached hydrogen (secondary N) is 1. The second-order valence-corrected chi connectivity index (χ2v) is 5.39. The van der Waals surface area contributed by atoms with Gasteiger partial charge in [0.15, 0.2) is 0 Å². The zero-order chi connectivity index (χ0) is 13.8. The van der Waals surface area contributed by atoms with Crippen molar-refractivity contribution >= 4 is 0 Å². The van der Waals surface area contributed by atoms with Crippen molar-refractivity contribution < 1.29 is 0 Å². The molecule has 0 radical (unpaired) electrons. The Kier molecular flexibility index (Phi) is 4.38. The fourth-order valence-electron chi connectivity index (χ4n) is 1.99. The molecule has 0 aliphatic heterocycles. The van der Waals surface area contributed by atoms with Crippen LogP contribution in [0.25, 0.3) is 0 Å². The van der Waals surface area contributed by atoms with Crippen LogP contribution in [0.1, 0.15) is 49.7 Å². The average Bonchev–Trinajstić information content (AvgIpc) is 2.86. The summed E-state index contributed by atoms with van der Waals surface area (Å²) in [5.41, 5.74) is 3.70. The van der Waals surface area contributed by atoms with Crippen molar-refractivity contribution in [2.24, 2.45) is 0 Å². The smallest absolute Gasteiger partial charge is 0.0762 e. The van der Waals surface area contributed by atoms with Gasteiger partial charge in [-0.2, -0.15) is 5.10 Å². The second-order valence-electron chi connectivity index (χ2n) is 5.39. The van der Waals surface area contributed by atoms with Crippen LogP contribution in [0.5, 0.6) is 0 Å². The Hall–Kier alpha value is -1.61. The maximum Gasteiger partial charge on any atom is 0.0762 e. The Bertz CT molecular complexity index is 511. The topological polar surface area (TPSA) is 29.9 Å². The molecule has 1 aromatic carbocycles. The Morgan fingerprint density at radius 3 is 2.37 bits per heavy atom. The van der Waals surface area contributed by atoms with Crippen LogP contribution in [0.15, 0.2) is 36.5 Å². The van der Waals surface area contributed by atoms with Crippen molar-refractivity contribution in [2.75, 3.05) is 0 Å². The monoisotopic (exact) mass is 257 g/mol. The van der Waals surface area contributed by atoms with E-state index in [1.165, 1.54) is 11.1 Å². The minimum atomic E-state index is 0.338. The highest BCUT2D eigenvalue weighted by Gasteiger charge is 2.06. The lowest BCUT2D eigenvalue weighted by Gasteiger charge is -2.13. The van der Waals surface area contributed by atoms with Gasteiger partial charge < -0.3 is 5.32 Å². The van der Waals surface area contributed by atoms with Gasteiger partial charge >= 0.3 is 0 Å². The molecule has 0 aliphatic carbocycles. The van der Waals surface area contributed by atoms with Gasteiger partial charge in [-0.15, -0.1) is 0 Å². The van der Waals surface area contributed by atoms with Crippen LogP contribution < -0.4 is 5.32 Å². The predicted molar refractivity (Wildman–Crippen MR) is 79.0 cm³/mol. The fraction of sp³-hybridized carbons (Fsp3) is 0.438. The fourth-order valence-corrected chi connectivity index (χ4v) is 1.99. The molecule has 0 unspecified atom stereocenters. The minimum Gasteiger partial charge on any atom is -0.304 e. The molecular weight excluding hydrogens is 234 g/mol. The molecule has 2 rings (SSSR count). The van der Waals surface area contributed by atoms with Crippen molar-refractivity contribution in [2.45, 2.75) is 46.3 Å². The van der Waals surface area contributed by atoms with Gasteiger partial charge in [-0.1, -0.05) is 29.8 Å². The van der Waals surface area contributed by atoms with Crippen LogP contribution in [0.4, 0.5) is 0 Å². The van der Waals surface area contributed by atoms with E-state index in [1.807, 2.05) is 10.9 Å². The number of hydrogen-bond acceptors (Lipinski definition) is 2. The third-order valence-electron chi connectivity index (χ3n) is 3.36. The number of aromatic nitrogens is 2. The van der Waals surface area contributed by atoms with E-state index in [-0.39, 0.29) is 0 Å². The Balaban J connectivity index is 1.92. The van der Waals surface area contributed by atoms with E-state index in [1.54, 1.807) is 0 Å². The highest BCUT2D eigenvalue weighted by molar-refractivity contribution is 5.23. The molecule has 3 nitrogen and oxygen atoms in total. The number of benzene rings is 1. The van der Waals surface area contributed by atoms with Crippen molar-refractivity contribution in [1.29, 1.82) is 0 Å². The van der Waals surface area contributed by atoms with E-state index in [2.05, 4.69) is 68.4 Å². The highest BCUT2D eigenvalue weighted by Crippen LogP contribution is 2.13. The van der Waals surface area contributed by atoms with Crippen LogP contribution in [-0.2, 0) is 6.54 Å². The first kappa shape index (κ1) is 13.8. The minimum absolute atomic E-state index is 0.338. The van der Waals surface area contributed by atoms with Gasteiger partial charge in [-0.3, -0.25) is 4.68 Å². The molecule has 0 saturated carbocycles. The lowest BCUT2D eigenvalue weighted by molar-refractivity contribution is 0.512. The SMILES string of the molecule is Cc1ccc([C@@H](C)NCc2ccn(C(C)C)n2)cc1. The standard InChI is InChI=1S/C16H23N3/c1-12(2)19-10-9-16(18-19)11-17-14(4)15-7-5-13(3)6-8-15/h5-10,12,14,17H,11H2,1-4H3/t14-/m1/s1. The Morgan fingerprint density at radius 2 is 1.79 bits per heavy atom. The predicted octanol–water partition coefficient (Wildman–Crippen LogP) is 3.62. The first-order chi connectivity index (χ1) is 9.06. The van der Waals surface area contributed by atoms with Crippen molar-refractivity contribution in [3.63, 3.8) is 0 Å². The van der Waals surface area contributed by atoms with E-state index in [4.69, 9.17) is 0 Å². The van der Waals surface area contributed by atoms with Crippen LogP contribution in [-0.4, -0.2) is 9.78 Å². The molecule has 102 valence electrons. The first-order valence-electron chi connectivity index (χ1n) is 6.90. The summed E-state index contributed by atoms with van der Waals surface area (Å²) in [5.74, 6) is 0. The van der Waals surface area contributed by atoms with Crippen molar-refractivity contribution in [3.8, 4) is 0 Å². The number of rotatable bonds is 5. The molecular formula is C16H23N3. The van der Waals surface area contributed by atoms with Crippen LogP contribution in [0.2, 0.25) is 0 Å². The maximum atomic E-state index is 4.54. The number of hydrogen-bond donors (Lipinski definition) is 1. The molecule has 1 atom stereocenters. The van der Waals surface area contributed by atoms with Gasteiger partial charge in [0, 0.05) is 24.8 Å². The molecule has 3 heteroatoms. The quantitative estimate of drug-likeness (QED) is 0.886. The molecule has 2 aromatic rings. The summed E-state index contributed by atoms with van der Waals surface area (Å²) < 4.78 is 1.99. The third-order valence-corrected chi connectivity index (χ3v) is 3.36. The largest absolute Gasteiger partial charge is 0.304 e. The molecule has 0 spiro atoms. The van der Waals surface area contributed by atoms with E-state index in [0.29, 0.717) is 12.1 Å². The van der Waals surface area contributed by atoms with Gasteiger partial charge in [0.05, 0.1) is 5.69 Å². The van der Waals surface area contributed by atoms with Crippen molar-refractivity contribution in [1.82, 2.24) is 15.1 Å². The highest BCUT2D eigenvalue weighted by atomic mass is 15.3. The summed E-state index contributed by atoms with van der Waals surface area (Å²) in [4.78, 5) is 0. The molecule has 1 heterocycles. The van der Waals surface area contributed by atoms with Crippen LogP contribution >= 0.6 is 0 Å².